The number of nitrogens with zero attached hydrogens (tertiary/aromatic N) is 1. The standard InChI is InChI=1S/C55H37N/c1-4-18-38(19-5-1)40-34-41(39-20-6-2-7-21-39)36-44(35-40)56(42-22-8-3-9-23-42)43-32-33-50-49-28-14-17-31-53(49)55(54(50)37-43)51-29-15-12-26-47(51)45-24-10-11-25-46(45)48-27-13-16-30-52(48)55/h1-37H. The highest BCUT2D eigenvalue weighted by molar-refractivity contribution is 5.98. The molecule has 0 atom stereocenters. The quantitative estimate of drug-likeness (QED) is 0.172. The fraction of sp³-hybridized carbons (Fsp3) is 0.0182. The molecule has 1 spiro atoms. The maximum Gasteiger partial charge on any atom is 0.0726 e. The fourth-order valence-corrected chi connectivity index (χ4v) is 9.53. The van der Waals surface area contributed by atoms with Gasteiger partial charge in [0.25, 0.3) is 0 Å². The first-order valence-electron chi connectivity index (χ1n) is 19.4. The van der Waals surface area contributed by atoms with Crippen molar-refractivity contribution in [1.82, 2.24) is 0 Å². The van der Waals surface area contributed by atoms with Crippen LogP contribution in [-0.4, -0.2) is 0 Å². The molecule has 0 N–H and O–H groups in total. The van der Waals surface area contributed by atoms with Crippen molar-refractivity contribution in [2.45, 2.75) is 5.41 Å². The van der Waals surface area contributed by atoms with Gasteiger partial charge in [-0.1, -0.05) is 182 Å². The molecular weight excluding hydrogens is 675 g/mol. The Kier molecular flexibility index (Phi) is 7.47. The second kappa shape index (κ2) is 13.0. The third-order valence-electron chi connectivity index (χ3n) is 11.9. The third-order valence-corrected chi connectivity index (χ3v) is 11.9. The Balaban J connectivity index is 1.22. The summed E-state index contributed by atoms with van der Waals surface area (Å²) >= 11 is 0. The molecule has 0 fully saturated rings. The molecule has 0 aliphatic heterocycles. The van der Waals surface area contributed by atoms with Crippen LogP contribution in [-0.2, 0) is 5.41 Å². The van der Waals surface area contributed by atoms with E-state index in [0.717, 1.165) is 17.1 Å². The first kappa shape index (κ1) is 32.2. The first-order chi connectivity index (χ1) is 27.8. The van der Waals surface area contributed by atoms with Gasteiger partial charge in [0.05, 0.1) is 5.41 Å². The maximum atomic E-state index is 2.49. The van der Waals surface area contributed by atoms with E-state index in [9.17, 15) is 0 Å². The van der Waals surface area contributed by atoms with Crippen LogP contribution in [0.25, 0.3) is 55.6 Å². The molecule has 0 unspecified atom stereocenters. The van der Waals surface area contributed by atoms with Crippen LogP contribution in [0.3, 0.4) is 0 Å². The minimum absolute atomic E-state index is 0.558. The molecule has 1 heteroatoms. The van der Waals surface area contributed by atoms with Gasteiger partial charge in [0.2, 0.25) is 0 Å². The third kappa shape index (κ3) is 4.88. The van der Waals surface area contributed by atoms with Gasteiger partial charge in [-0.25, -0.2) is 0 Å². The van der Waals surface area contributed by atoms with Crippen LogP contribution in [0, 0.1) is 0 Å². The molecule has 2 aliphatic carbocycles. The van der Waals surface area contributed by atoms with Gasteiger partial charge in [0.1, 0.15) is 0 Å². The predicted molar refractivity (Wildman–Crippen MR) is 234 cm³/mol. The lowest BCUT2D eigenvalue weighted by atomic mass is 9.66. The average molecular weight is 712 g/mol. The molecule has 0 bridgehead atoms. The maximum absolute atomic E-state index is 2.49. The van der Waals surface area contributed by atoms with E-state index in [4.69, 9.17) is 0 Å². The highest BCUT2D eigenvalue weighted by Gasteiger charge is 2.49. The van der Waals surface area contributed by atoms with Crippen LogP contribution in [0.15, 0.2) is 224 Å². The first-order valence-corrected chi connectivity index (χ1v) is 19.4. The van der Waals surface area contributed by atoms with Crippen molar-refractivity contribution >= 4 is 17.1 Å². The van der Waals surface area contributed by atoms with E-state index in [1.165, 1.54) is 77.9 Å². The summed E-state index contributed by atoms with van der Waals surface area (Å²) in [5.41, 5.74) is 20.4. The Bertz CT molecular complexity index is 2780. The summed E-state index contributed by atoms with van der Waals surface area (Å²) in [7, 11) is 0. The molecule has 1 nitrogen and oxygen atoms in total. The molecule has 0 saturated heterocycles. The smallest absolute Gasteiger partial charge is 0.0726 e. The monoisotopic (exact) mass is 711 g/mol. The van der Waals surface area contributed by atoms with Gasteiger partial charge < -0.3 is 4.90 Å². The summed E-state index contributed by atoms with van der Waals surface area (Å²) in [6.45, 7) is 0. The molecule has 9 aromatic carbocycles. The summed E-state index contributed by atoms with van der Waals surface area (Å²) in [6, 6.07) is 82.7. The topological polar surface area (TPSA) is 3.24 Å². The molecule has 262 valence electrons. The zero-order chi connectivity index (χ0) is 37.1. The largest absolute Gasteiger partial charge is 0.310 e. The van der Waals surface area contributed by atoms with Crippen LogP contribution in [0.1, 0.15) is 22.3 Å². The van der Waals surface area contributed by atoms with Crippen molar-refractivity contribution in [2.24, 2.45) is 0 Å². The van der Waals surface area contributed by atoms with E-state index in [1.54, 1.807) is 0 Å². The molecule has 0 amide bonds. The van der Waals surface area contributed by atoms with E-state index in [1.807, 2.05) is 0 Å². The Morgan fingerprint density at radius 3 is 1.12 bits per heavy atom. The summed E-state index contributed by atoms with van der Waals surface area (Å²) in [5.74, 6) is 0. The number of benzene rings is 9. The van der Waals surface area contributed by atoms with Crippen LogP contribution >= 0.6 is 0 Å². The fourth-order valence-electron chi connectivity index (χ4n) is 9.53. The van der Waals surface area contributed by atoms with Crippen LogP contribution in [0.4, 0.5) is 17.1 Å². The highest BCUT2D eigenvalue weighted by Crippen LogP contribution is 2.62. The van der Waals surface area contributed by atoms with Gasteiger partial charge >= 0.3 is 0 Å². The number of anilines is 3. The zero-order valence-electron chi connectivity index (χ0n) is 30.8. The van der Waals surface area contributed by atoms with Crippen LogP contribution in [0.2, 0.25) is 0 Å². The Labute approximate surface area is 328 Å². The number of hydrogen-bond donors (Lipinski definition) is 0. The van der Waals surface area contributed by atoms with E-state index in [2.05, 4.69) is 229 Å². The van der Waals surface area contributed by atoms with Gasteiger partial charge in [-0.3, -0.25) is 0 Å². The minimum atomic E-state index is -0.558. The molecule has 0 saturated carbocycles. The zero-order valence-corrected chi connectivity index (χ0v) is 30.8. The van der Waals surface area contributed by atoms with Gasteiger partial charge in [-0.2, -0.15) is 0 Å². The lowest BCUT2D eigenvalue weighted by Gasteiger charge is -2.36. The van der Waals surface area contributed by atoms with Crippen LogP contribution < -0.4 is 4.90 Å². The van der Waals surface area contributed by atoms with Gasteiger partial charge in [-0.15, -0.1) is 0 Å². The van der Waals surface area contributed by atoms with Crippen molar-refractivity contribution in [3.63, 3.8) is 0 Å². The molecule has 11 rings (SSSR count). The number of para-hydroxylation sites is 1. The Hall–Kier alpha value is -7.22. The molecular formula is C55H37N. The van der Waals surface area contributed by atoms with Crippen molar-refractivity contribution < 1.29 is 0 Å². The predicted octanol–water partition coefficient (Wildman–Crippen LogP) is 14.5. The molecule has 0 heterocycles. The molecule has 9 aromatic rings. The van der Waals surface area contributed by atoms with E-state index < -0.39 is 5.41 Å². The number of hydrogen-bond acceptors (Lipinski definition) is 1. The Morgan fingerprint density at radius 1 is 0.232 bits per heavy atom. The van der Waals surface area contributed by atoms with E-state index in [-0.39, 0.29) is 0 Å². The van der Waals surface area contributed by atoms with Crippen molar-refractivity contribution in [3.05, 3.63) is 247 Å². The minimum Gasteiger partial charge on any atom is -0.310 e. The van der Waals surface area contributed by atoms with Crippen molar-refractivity contribution in [1.29, 1.82) is 0 Å². The molecule has 2 aliphatic rings. The number of fused-ring (bicyclic) bond motifs is 12. The average Bonchev–Trinajstić information content (AvgIpc) is 3.51. The summed E-state index contributed by atoms with van der Waals surface area (Å²) < 4.78 is 0. The summed E-state index contributed by atoms with van der Waals surface area (Å²) in [6.07, 6.45) is 0. The number of rotatable bonds is 5. The SMILES string of the molecule is c1ccc(-c2cc(-c3ccccc3)cc(N(c3ccccc3)c3ccc4c(c3)C3(c5ccccc5-c5ccccc5-c5ccccc53)c3ccccc3-4)c2)cc1. The lowest BCUT2D eigenvalue weighted by Crippen LogP contribution is -2.29. The normalized spacial score (nSPS) is 12.8. The second-order valence-corrected chi connectivity index (χ2v) is 14.8. The van der Waals surface area contributed by atoms with E-state index in [0.29, 0.717) is 0 Å². The van der Waals surface area contributed by atoms with Gasteiger partial charge in [-0.05, 0) is 120 Å². The second-order valence-electron chi connectivity index (χ2n) is 14.8. The molecule has 0 aromatic heterocycles. The lowest BCUT2D eigenvalue weighted by molar-refractivity contribution is 0.775. The summed E-state index contributed by atoms with van der Waals surface area (Å²) in [4.78, 5) is 2.44. The van der Waals surface area contributed by atoms with Gasteiger partial charge in [0, 0.05) is 17.1 Å². The Morgan fingerprint density at radius 2 is 0.625 bits per heavy atom. The highest BCUT2D eigenvalue weighted by atomic mass is 15.1. The van der Waals surface area contributed by atoms with Crippen molar-refractivity contribution in [3.8, 4) is 55.6 Å². The summed E-state index contributed by atoms with van der Waals surface area (Å²) in [5, 5.41) is 0. The van der Waals surface area contributed by atoms with Crippen molar-refractivity contribution in [2.75, 3.05) is 4.90 Å². The van der Waals surface area contributed by atoms with E-state index >= 15 is 0 Å². The van der Waals surface area contributed by atoms with Crippen LogP contribution in [0.5, 0.6) is 0 Å². The molecule has 56 heavy (non-hydrogen) atoms. The molecule has 0 radical (unpaired) electrons. The van der Waals surface area contributed by atoms with Gasteiger partial charge in [0.15, 0.2) is 0 Å².